The smallest absolute Gasteiger partial charge is 0.257 e. The number of aliphatic imine (C=N–C) groups is 1. The Morgan fingerprint density at radius 1 is 1.30 bits per heavy atom. The summed E-state index contributed by atoms with van der Waals surface area (Å²) in [6, 6.07) is 14.2. The minimum Gasteiger partial charge on any atom is -0.495 e. The average molecular weight is 388 g/mol. The second-order valence-electron chi connectivity index (χ2n) is 6.11. The molecule has 7 heteroatoms. The molecule has 2 N–H and O–H groups in total. The summed E-state index contributed by atoms with van der Waals surface area (Å²) >= 11 is 6.10. The third-order valence-electron chi connectivity index (χ3n) is 4.16. The molecule has 0 bridgehead atoms. The van der Waals surface area contributed by atoms with Gasteiger partial charge in [-0.25, -0.2) is 4.99 Å². The minimum absolute atomic E-state index is 0.0664. The van der Waals surface area contributed by atoms with E-state index in [1.54, 1.807) is 37.4 Å². The highest BCUT2D eigenvalue weighted by Crippen LogP contribution is 2.27. The van der Waals surface area contributed by atoms with Crippen molar-refractivity contribution >= 4 is 29.2 Å². The molecular formula is C20H22ClN3O3. The first-order valence-corrected chi connectivity index (χ1v) is 9.16. The van der Waals surface area contributed by atoms with Crippen LogP contribution in [-0.4, -0.2) is 38.2 Å². The lowest BCUT2D eigenvalue weighted by atomic mass is 10.2. The predicted molar refractivity (Wildman–Crippen MR) is 107 cm³/mol. The fraction of sp³-hybridized carbons (Fsp3) is 0.300. The maximum Gasteiger partial charge on any atom is 0.257 e. The molecule has 0 aromatic heterocycles. The van der Waals surface area contributed by atoms with Crippen molar-refractivity contribution in [1.82, 2.24) is 5.32 Å². The summed E-state index contributed by atoms with van der Waals surface area (Å²) in [4.78, 5) is 17.1. The number of carbonyl (C=O) groups is 1. The maximum atomic E-state index is 12.5. The standard InChI is InChI=1S/C20H22ClN3O3/c1-26-18-10-9-15(21)12-17(18)23-20(22-13-16-8-5-11-27-16)24-19(25)14-6-3-2-4-7-14/h2-4,6-7,9-10,12,16H,5,8,11,13H2,1H3,(H2,22,23,24,25). The number of amides is 1. The Bertz CT molecular complexity index is 805. The summed E-state index contributed by atoms with van der Waals surface area (Å²) in [6.45, 7) is 1.21. The van der Waals surface area contributed by atoms with Crippen LogP contribution < -0.4 is 15.4 Å². The number of carbonyl (C=O) groups excluding carboxylic acids is 1. The van der Waals surface area contributed by atoms with Crippen LogP contribution in [0.2, 0.25) is 5.02 Å². The average Bonchev–Trinajstić information content (AvgIpc) is 3.20. The van der Waals surface area contributed by atoms with Crippen molar-refractivity contribution in [2.75, 3.05) is 25.6 Å². The molecule has 0 saturated carbocycles. The summed E-state index contributed by atoms with van der Waals surface area (Å²) in [5.74, 6) is 0.660. The van der Waals surface area contributed by atoms with Crippen LogP contribution in [0.25, 0.3) is 0 Å². The molecule has 1 fully saturated rings. The Labute approximate surface area is 163 Å². The fourth-order valence-corrected chi connectivity index (χ4v) is 2.94. The fourth-order valence-electron chi connectivity index (χ4n) is 2.77. The van der Waals surface area contributed by atoms with Gasteiger partial charge in [-0.1, -0.05) is 29.8 Å². The number of nitrogens with one attached hydrogen (secondary N) is 2. The second kappa shape index (κ2) is 9.39. The van der Waals surface area contributed by atoms with E-state index < -0.39 is 0 Å². The van der Waals surface area contributed by atoms with E-state index in [2.05, 4.69) is 15.6 Å². The van der Waals surface area contributed by atoms with Crippen molar-refractivity contribution in [3.05, 3.63) is 59.1 Å². The summed E-state index contributed by atoms with van der Waals surface area (Å²) in [7, 11) is 1.57. The molecule has 1 unspecified atom stereocenters. The molecule has 2 aromatic rings. The SMILES string of the molecule is COc1ccc(Cl)cc1NC(=NCC1CCCO1)NC(=O)c1ccccc1. The molecule has 0 aliphatic carbocycles. The Morgan fingerprint density at radius 2 is 2.11 bits per heavy atom. The maximum absolute atomic E-state index is 12.5. The van der Waals surface area contributed by atoms with E-state index in [1.165, 1.54) is 0 Å². The zero-order chi connectivity index (χ0) is 19.1. The molecule has 1 aliphatic rings. The molecule has 1 atom stereocenters. The first-order chi connectivity index (χ1) is 13.2. The van der Waals surface area contributed by atoms with Gasteiger partial charge in [-0.05, 0) is 43.2 Å². The van der Waals surface area contributed by atoms with E-state index in [0.29, 0.717) is 34.5 Å². The van der Waals surface area contributed by atoms with Gasteiger partial charge < -0.3 is 14.8 Å². The number of ether oxygens (including phenoxy) is 2. The lowest BCUT2D eigenvalue weighted by molar-refractivity contribution is 0.0975. The van der Waals surface area contributed by atoms with Crippen LogP contribution in [0.4, 0.5) is 5.69 Å². The van der Waals surface area contributed by atoms with Gasteiger partial charge in [0.25, 0.3) is 5.91 Å². The van der Waals surface area contributed by atoms with E-state index in [0.717, 1.165) is 19.4 Å². The Balaban J connectivity index is 1.79. The van der Waals surface area contributed by atoms with Gasteiger partial charge in [0.05, 0.1) is 25.4 Å². The van der Waals surface area contributed by atoms with Crippen LogP contribution in [-0.2, 0) is 4.74 Å². The van der Waals surface area contributed by atoms with Crippen molar-refractivity contribution in [2.24, 2.45) is 4.99 Å². The van der Waals surface area contributed by atoms with Gasteiger partial charge in [0, 0.05) is 17.2 Å². The molecule has 2 aromatic carbocycles. The molecule has 1 aliphatic heterocycles. The number of benzene rings is 2. The van der Waals surface area contributed by atoms with Gasteiger partial charge in [-0.15, -0.1) is 0 Å². The van der Waals surface area contributed by atoms with Crippen molar-refractivity contribution in [3.63, 3.8) is 0 Å². The quantitative estimate of drug-likeness (QED) is 0.605. The van der Waals surface area contributed by atoms with Crippen molar-refractivity contribution < 1.29 is 14.3 Å². The Kier molecular flexibility index (Phi) is 6.68. The highest BCUT2D eigenvalue weighted by molar-refractivity contribution is 6.31. The number of hydrogen-bond acceptors (Lipinski definition) is 4. The zero-order valence-corrected chi connectivity index (χ0v) is 15.8. The molecule has 1 heterocycles. The highest BCUT2D eigenvalue weighted by Gasteiger charge is 2.17. The van der Waals surface area contributed by atoms with Gasteiger partial charge in [-0.3, -0.25) is 10.1 Å². The van der Waals surface area contributed by atoms with Gasteiger partial charge in [0.15, 0.2) is 0 Å². The second-order valence-corrected chi connectivity index (χ2v) is 6.55. The predicted octanol–water partition coefficient (Wildman–Crippen LogP) is 3.73. The number of hydrogen-bond donors (Lipinski definition) is 2. The third kappa shape index (κ3) is 5.45. The van der Waals surface area contributed by atoms with Crippen LogP contribution >= 0.6 is 11.6 Å². The number of nitrogens with zero attached hydrogens (tertiary/aromatic N) is 1. The molecule has 1 saturated heterocycles. The molecule has 3 rings (SSSR count). The number of halogens is 1. The van der Waals surface area contributed by atoms with E-state index in [1.807, 2.05) is 18.2 Å². The summed E-state index contributed by atoms with van der Waals surface area (Å²) in [6.07, 6.45) is 2.06. The lowest BCUT2D eigenvalue weighted by Crippen LogP contribution is -2.36. The van der Waals surface area contributed by atoms with Crippen LogP contribution in [0.15, 0.2) is 53.5 Å². The minimum atomic E-state index is -0.254. The Hall–Kier alpha value is -2.57. The monoisotopic (exact) mass is 387 g/mol. The molecule has 0 spiro atoms. The number of anilines is 1. The summed E-state index contributed by atoms with van der Waals surface area (Å²) in [5.41, 5.74) is 1.16. The highest BCUT2D eigenvalue weighted by atomic mass is 35.5. The van der Waals surface area contributed by atoms with E-state index >= 15 is 0 Å². The summed E-state index contributed by atoms with van der Waals surface area (Å²) in [5, 5.41) is 6.49. The normalized spacial score (nSPS) is 16.8. The van der Waals surface area contributed by atoms with Crippen LogP contribution in [0, 0.1) is 0 Å². The molecule has 0 radical (unpaired) electrons. The van der Waals surface area contributed by atoms with Crippen LogP contribution in [0.3, 0.4) is 0 Å². The molecular weight excluding hydrogens is 366 g/mol. The van der Waals surface area contributed by atoms with Crippen molar-refractivity contribution in [2.45, 2.75) is 18.9 Å². The molecule has 1 amide bonds. The van der Waals surface area contributed by atoms with E-state index in [9.17, 15) is 4.79 Å². The first kappa shape index (κ1) is 19.2. The van der Waals surface area contributed by atoms with Gasteiger partial charge in [-0.2, -0.15) is 0 Å². The molecule has 27 heavy (non-hydrogen) atoms. The van der Waals surface area contributed by atoms with Crippen molar-refractivity contribution in [1.29, 1.82) is 0 Å². The third-order valence-corrected chi connectivity index (χ3v) is 4.39. The number of methoxy groups -OCH3 is 1. The first-order valence-electron chi connectivity index (χ1n) is 8.78. The lowest BCUT2D eigenvalue weighted by Gasteiger charge is -2.15. The zero-order valence-electron chi connectivity index (χ0n) is 15.1. The van der Waals surface area contributed by atoms with Crippen molar-refractivity contribution in [3.8, 4) is 5.75 Å². The Morgan fingerprint density at radius 3 is 2.81 bits per heavy atom. The summed E-state index contributed by atoms with van der Waals surface area (Å²) < 4.78 is 11.0. The number of guanidine groups is 1. The van der Waals surface area contributed by atoms with Crippen LogP contribution in [0.1, 0.15) is 23.2 Å². The molecule has 6 nitrogen and oxygen atoms in total. The number of rotatable bonds is 5. The van der Waals surface area contributed by atoms with Gasteiger partial charge >= 0.3 is 0 Å². The van der Waals surface area contributed by atoms with Crippen LogP contribution in [0.5, 0.6) is 5.75 Å². The largest absolute Gasteiger partial charge is 0.495 e. The van der Waals surface area contributed by atoms with Gasteiger partial charge in [0.2, 0.25) is 5.96 Å². The van der Waals surface area contributed by atoms with E-state index in [4.69, 9.17) is 21.1 Å². The molecule has 142 valence electrons. The van der Waals surface area contributed by atoms with Gasteiger partial charge in [0.1, 0.15) is 5.75 Å². The van der Waals surface area contributed by atoms with E-state index in [-0.39, 0.29) is 12.0 Å². The topological polar surface area (TPSA) is 71.9 Å².